The Hall–Kier alpha value is -3.52. The van der Waals surface area contributed by atoms with Gasteiger partial charge in [0.15, 0.2) is 5.69 Å². The van der Waals surface area contributed by atoms with Crippen LogP contribution in [0.4, 0.5) is 17.5 Å². The fourth-order valence-corrected chi connectivity index (χ4v) is 3.58. The highest BCUT2D eigenvalue weighted by Gasteiger charge is 2.32. The molecule has 160 valence electrons. The van der Waals surface area contributed by atoms with E-state index >= 15 is 0 Å². The number of hydrogen-bond acceptors (Lipinski definition) is 6. The van der Waals surface area contributed by atoms with Gasteiger partial charge < -0.3 is 9.64 Å². The van der Waals surface area contributed by atoms with Gasteiger partial charge in [-0.3, -0.25) is 5.10 Å². The normalized spacial score (nSPS) is 13.2. The molecule has 1 atom stereocenters. The van der Waals surface area contributed by atoms with Gasteiger partial charge in [0.2, 0.25) is 0 Å². The first-order valence-electron chi connectivity index (χ1n) is 10.4. The Kier molecular flexibility index (Phi) is 5.56. The van der Waals surface area contributed by atoms with Crippen molar-refractivity contribution in [3.8, 4) is 17.0 Å². The Balaban J connectivity index is 1.88. The molecule has 0 bridgehead atoms. The highest BCUT2D eigenvalue weighted by molar-refractivity contribution is 5.91. The molecule has 31 heavy (non-hydrogen) atoms. The average Bonchev–Trinajstić information content (AvgIpc) is 3.31. The molecule has 0 saturated heterocycles. The third-order valence-corrected chi connectivity index (χ3v) is 5.89. The number of nitrogens with zero attached hydrogens (tertiary/aromatic N) is 6. The molecule has 0 aliphatic rings. The van der Waals surface area contributed by atoms with Gasteiger partial charge in [0.05, 0.1) is 33.1 Å². The van der Waals surface area contributed by atoms with Gasteiger partial charge in [0.25, 0.3) is 0 Å². The molecule has 0 aliphatic heterocycles. The standard InChI is InChI=1S/C23H28N7O/c1-6-29(3)20-13-12-16(14-24-20)30(4,7-2)23-26-18-15-25-28-22(18)21(27-23)17-10-8-9-11-19(17)31-5/h8-15H,6-7H2,1-5H3,(H,25,28)/q+1. The average molecular weight is 419 g/mol. The van der Waals surface area contributed by atoms with Crippen LogP contribution in [0.1, 0.15) is 13.8 Å². The molecule has 8 nitrogen and oxygen atoms in total. The smallest absolute Gasteiger partial charge is 0.335 e. The number of hydrogen-bond donors (Lipinski definition) is 1. The maximum absolute atomic E-state index is 5.59. The van der Waals surface area contributed by atoms with Crippen molar-refractivity contribution in [1.29, 1.82) is 0 Å². The van der Waals surface area contributed by atoms with E-state index in [0.717, 1.165) is 52.6 Å². The van der Waals surface area contributed by atoms with E-state index in [-0.39, 0.29) is 0 Å². The molecule has 3 heterocycles. The summed E-state index contributed by atoms with van der Waals surface area (Å²) in [4.78, 5) is 16.6. The molecule has 4 rings (SSSR count). The van der Waals surface area contributed by atoms with Crippen molar-refractivity contribution < 1.29 is 4.74 Å². The number of fused-ring (bicyclic) bond motifs is 1. The summed E-state index contributed by atoms with van der Waals surface area (Å²) in [5.41, 5.74) is 4.23. The molecule has 1 unspecified atom stereocenters. The highest BCUT2D eigenvalue weighted by atomic mass is 16.5. The van der Waals surface area contributed by atoms with E-state index in [9.17, 15) is 0 Å². The molecule has 0 aliphatic carbocycles. The van der Waals surface area contributed by atoms with Crippen molar-refractivity contribution in [2.45, 2.75) is 13.8 Å². The SMILES string of the molecule is CCN(C)c1ccc([N+](C)(CC)c2nc(-c3ccccc3OC)c3[nH]ncc3n2)cn1. The number of benzene rings is 1. The minimum absolute atomic E-state index is 0.409. The molecule has 1 aromatic carbocycles. The molecular formula is C23H28N7O+. The highest BCUT2D eigenvalue weighted by Crippen LogP contribution is 2.36. The van der Waals surface area contributed by atoms with Gasteiger partial charge in [-0.05, 0) is 32.0 Å². The number of ether oxygens (including phenoxy) is 1. The number of quaternary nitrogens is 1. The second kappa shape index (κ2) is 8.31. The number of aromatic nitrogens is 5. The zero-order valence-corrected chi connectivity index (χ0v) is 18.6. The molecule has 3 aromatic heterocycles. The fourth-order valence-electron chi connectivity index (χ4n) is 3.58. The number of anilines is 1. The van der Waals surface area contributed by atoms with Crippen LogP contribution in [0, 0.1) is 0 Å². The molecule has 8 heteroatoms. The van der Waals surface area contributed by atoms with Gasteiger partial charge >= 0.3 is 5.95 Å². The second-order valence-electron chi connectivity index (χ2n) is 7.60. The second-order valence-corrected chi connectivity index (χ2v) is 7.60. The lowest BCUT2D eigenvalue weighted by atomic mass is 10.1. The van der Waals surface area contributed by atoms with Crippen molar-refractivity contribution >= 4 is 28.5 Å². The predicted molar refractivity (Wildman–Crippen MR) is 125 cm³/mol. The van der Waals surface area contributed by atoms with Crippen LogP contribution < -0.4 is 14.1 Å². The van der Waals surface area contributed by atoms with Crippen LogP contribution >= 0.6 is 0 Å². The Morgan fingerprint density at radius 2 is 1.87 bits per heavy atom. The minimum Gasteiger partial charge on any atom is -0.496 e. The number of methoxy groups -OCH3 is 1. The van der Waals surface area contributed by atoms with E-state index in [1.54, 1.807) is 13.3 Å². The van der Waals surface area contributed by atoms with E-state index < -0.39 is 0 Å². The first-order valence-corrected chi connectivity index (χ1v) is 10.4. The van der Waals surface area contributed by atoms with Gasteiger partial charge in [-0.25, -0.2) is 9.47 Å². The van der Waals surface area contributed by atoms with Crippen molar-refractivity contribution in [2.24, 2.45) is 0 Å². The van der Waals surface area contributed by atoms with E-state index in [4.69, 9.17) is 14.7 Å². The molecule has 0 amide bonds. The van der Waals surface area contributed by atoms with Crippen molar-refractivity contribution in [3.05, 3.63) is 48.8 Å². The summed E-state index contributed by atoms with van der Waals surface area (Å²) in [6, 6.07) is 12.0. The number of nitrogens with one attached hydrogen (secondary N) is 1. The number of rotatable bonds is 7. The zero-order valence-electron chi connectivity index (χ0n) is 18.6. The Bertz CT molecular complexity index is 1190. The van der Waals surface area contributed by atoms with Crippen LogP contribution in [0.15, 0.2) is 48.8 Å². The molecule has 0 spiro atoms. The minimum atomic E-state index is 0.409. The molecule has 0 fully saturated rings. The number of para-hydroxylation sites is 1. The third kappa shape index (κ3) is 3.59. The lowest BCUT2D eigenvalue weighted by Crippen LogP contribution is -2.41. The molecule has 0 radical (unpaired) electrons. The number of aromatic amines is 1. The van der Waals surface area contributed by atoms with Crippen LogP contribution in [-0.4, -0.2) is 59.4 Å². The van der Waals surface area contributed by atoms with Crippen LogP contribution in [0.5, 0.6) is 5.75 Å². The summed E-state index contributed by atoms with van der Waals surface area (Å²) in [5, 5.41) is 7.26. The van der Waals surface area contributed by atoms with Gasteiger partial charge in [0, 0.05) is 25.2 Å². The summed E-state index contributed by atoms with van der Waals surface area (Å²) in [6.45, 7) is 5.89. The maximum Gasteiger partial charge on any atom is 0.335 e. The molecular weight excluding hydrogens is 390 g/mol. The Morgan fingerprint density at radius 1 is 1.06 bits per heavy atom. The molecule has 1 N–H and O–H groups in total. The summed E-state index contributed by atoms with van der Waals surface area (Å²) < 4.78 is 6.00. The van der Waals surface area contributed by atoms with Crippen LogP contribution in [-0.2, 0) is 0 Å². The molecule has 4 aromatic rings. The van der Waals surface area contributed by atoms with E-state index in [2.05, 4.69) is 47.0 Å². The van der Waals surface area contributed by atoms with Gasteiger partial charge in [-0.1, -0.05) is 12.1 Å². The van der Waals surface area contributed by atoms with Crippen molar-refractivity contribution in [3.63, 3.8) is 0 Å². The van der Waals surface area contributed by atoms with E-state index in [1.807, 2.05) is 43.6 Å². The van der Waals surface area contributed by atoms with Gasteiger partial charge in [0.1, 0.15) is 28.3 Å². The summed E-state index contributed by atoms with van der Waals surface area (Å²) in [5.74, 6) is 2.37. The number of H-pyrrole nitrogens is 1. The topological polar surface area (TPSA) is 79.8 Å². The predicted octanol–water partition coefficient (Wildman–Crippen LogP) is 4.17. The van der Waals surface area contributed by atoms with E-state index in [0.29, 0.717) is 10.4 Å². The first-order chi connectivity index (χ1) is 15.0. The van der Waals surface area contributed by atoms with Crippen LogP contribution in [0.25, 0.3) is 22.3 Å². The molecule has 0 saturated carbocycles. The zero-order chi connectivity index (χ0) is 22.0. The van der Waals surface area contributed by atoms with Gasteiger partial charge in [-0.2, -0.15) is 15.1 Å². The quantitative estimate of drug-likeness (QED) is 0.454. The first kappa shape index (κ1) is 20.7. The Labute approximate surface area is 182 Å². The third-order valence-electron chi connectivity index (χ3n) is 5.89. The van der Waals surface area contributed by atoms with E-state index in [1.165, 1.54) is 0 Å². The lowest BCUT2D eigenvalue weighted by Gasteiger charge is -2.30. The summed E-state index contributed by atoms with van der Waals surface area (Å²) >= 11 is 0. The summed E-state index contributed by atoms with van der Waals surface area (Å²) in [7, 11) is 5.80. The van der Waals surface area contributed by atoms with Crippen LogP contribution in [0.2, 0.25) is 0 Å². The fraction of sp³-hybridized carbons (Fsp3) is 0.304. The number of pyridine rings is 1. The largest absolute Gasteiger partial charge is 0.496 e. The van der Waals surface area contributed by atoms with Gasteiger partial charge in [-0.15, -0.1) is 0 Å². The monoisotopic (exact) mass is 418 g/mol. The Morgan fingerprint density at radius 3 is 2.55 bits per heavy atom. The summed E-state index contributed by atoms with van der Waals surface area (Å²) in [6.07, 6.45) is 3.65. The van der Waals surface area contributed by atoms with Crippen LogP contribution in [0.3, 0.4) is 0 Å². The van der Waals surface area contributed by atoms with Crippen molar-refractivity contribution in [1.82, 2.24) is 29.6 Å². The maximum atomic E-state index is 5.59. The lowest BCUT2D eigenvalue weighted by molar-refractivity contribution is 0.416. The van der Waals surface area contributed by atoms with Crippen molar-refractivity contribution in [2.75, 3.05) is 39.2 Å².